The molecule has 0 spiro atoms. The van der Waals surface area contributed by atoms with Crippen LogP contribution >= 0.6 is 0 Å². The normalized spacial score (nSPS) is 12.2. The molecule has 0 aliphatic carbocycles. The molecule has 4 rings (SSSR count). The van der Waals surface area contributed by atoms with Crippen LogP contribution in [0.2, 0.25) is 0 Å². The Bertz CT molecular complexity index is 2290. The van der Waals surface area contributed by atoms with E-state index in [1.165, 1.54) is 37.3 Å². The van der Waals surface area contributed by atoms with Gasteiger partial charge < -0.3 is 20.7 Å². The van der Waals surface area contributed by atoms with Gasteiger partial charge in [0.25, 0.3) is 20.2 Å². The average molecular weight is 739 g/mol. The molecule has 0 aliphatic rings. The Morgan fingerprint density at radius 3 is 2.31 bits per heavy atom. The Hall–Kier alpha value is -5.00. The van der Waals surface area contributed by atoms with Crippen LogP contribution in [0.15, 0.2) is 80.5 Å². The second-order valence-corrected chi connectivity index (χ2v) is 14.7. The van der Waals surface area contributed by atoms with E-state index in [0.717, 1.165) is 23.6 Å². The van der Waals surface area contributed by atoms with Gasteiger partial charge in [-0.1, -0.05) is 18.7 Å². The van der Waals surface area contributed by atoms with Gasteiger partial charge in [-0.05, 0) is 36.4 Å². The maximum absolute atomic E-state index is 14.2. The fourth-order valence-electron chi connectivity index (χ4n) is 4.12. The number of aromatic nitrogens is 3. The van der Waals surface area contributed by atoms with Gasteiger partial charge in [-0.15, -0.1) is 5.11 Å². The van der Waals surface area contributed by atoms with E-state index < -0.39 is 51.8 Å². The molecule has 5 N–H and O–H groups in total. The van der Waals surface area contributed by atoms with Crippen LogP contribution in [0.25, 0.3) is 10.8 Å². The van der Waals surface area contributed by atoms with E-state index >= 15 is 0 Å². The van der Waals surface area contributed by atoms with E-state index in [4.69, 9.17) is 4.74 Å². The van der Waals surface area contributed by atoms with Crippen LogP contribution in [0.1, 0.15) is 6.92 Å². The summed E-state index contributed by atoms with van der Waals surface area (Å²) in [4.78, 5) is 21.8. The van der Waals surface area contributed by atoms with Crippen LogP contribution < -0.4 is 16.0 Å². The Morgan fingerprint density at radius 1 is 0.918 bits per heavy atom. The number of hydrogen-bond acceptors (Lipinski definition) is 15. The summed E-state index contributed by atoms with van der Waals surface area (Å²) in [6, 6.07) is 9.67. The number of halogens is 1. The lowest BCUT2D eigenvalue weighted by Crippen LogP contribution is -2.16. The van der Waals surface area contributed by atoms with Crippen LogP contribution in [0, 0.1) is 6.08 Å². The minimum Gasteiger partial charge on any atom is -0.379 e. The first-order valence-electron chi connectivity index (χ1n) is 13.7. The minimum atomic E-state index is -4.90. The van der Waals surface area contributed by atoms with Crippen molar-refractivity contribution in [3.8, 4) is 0 Å². The number of sulfone groups is 1. The standard InChI is InChI=1S/C27H27FN8O10S3/c1-3-47(38,39)12-11-46-10-9-29-26-32-25(28)33-27(34-26)31-17-7-8-21(22(14-17)30-16(2)37)36-35-18-13-20-19(24(15-18)49(43,44)45)5-4-6-23(20)48(40,41)42/h3-8,13-15H,1,9-12H2,2H3,(H,30,37)(H,40,41,42)(H,43,44,45)(H2,29,31,32,33,34). The molecule has 49 heavy (non-hydrogen) atoms. The molecule has 3 aromatic carbocycles. The molecule has 0 fully saturated rings. The molecule has 260 valence electrons. The molecule has 0 unspecified atom stereocenters. The Labute approximate surface area is 279 Å². The smallest absolute Gasteiger partial charge is 0.315 e. The van der Waals surface area contributed by atoms with Gasteiger partial charge in [-0.25, -0.2) is 8.42 Å². The van der Waals surface area contributed by atoms with Crippen LogP contribution in [-0.2, 0) is 39.6 Å². The largest absolute Gasteiger partial charge is 0.379 e. The molecule has 0 bridgehead atoms. The van der Waals surface area contributed by atoms with Gasteiger partial charge in [0.15, 0.2) is 9.84 Å². The number of fused-ring (bicyclic) bond motifs is 1. The molecule has 0 saturated heterocycles. The summed E-state index contributed by atoms with van der Waals surface area (Å²) in [6.45, 7) is 4.49. The van der Waals surface area contributed by atoms with Gasteiger partial charge in [0.2, 0.25) is 17.8 Å². The van der Waals surface area contributed by atoms with E-state index in [1.807, 2.05) is 0 Å². The third-order valence-electron chi connectivity index (χ3n) is 6.20. The van der Waals surface area contributed by atoms with Gasteiger partial charge in [-0.3, -0.25) is 13.9 Å². The van der Waals surface area contributed by atoms with Crippen molar-refractivity contribution in [3.63, 3.8) is 0 Å². The van der Waals surface area contributed by atoms with E-state index in [1.54, 1.807) is 0 Å². The van der Waals surface area contributed by atoms with Gasteiger partial charge in [0, 0.05) is 35.3 Å². The highest BCUT2D eigenvalue weighted by atomic mass is 32.2. The number of carbonyl (C=O) groups is 1. The number of ether oxygens (including phenoxy) is 1. The number of benzene rings is 3. The number of rotatable bonds is 15. The summed E-state index contributed by atoms with van der Waals surface area (Å²) in [5.74, 6) is -1.17. The summed E-state index contributed by atoms with van der Waals surface area (Å²) < 4.78 is 110. The summed E-state index contributed by atoms with van der Waals surface area (Å²) >= 11 is 0. The third-order valence-corrected chi connectivity index (χ3v) is 9.25. The molecule has 1 heterocycles. The van der Waals surface area contributed by atoms with Crippen molar-refractivity contribution in [2.24, 2.45) is 10.2 Å². The zero-order valence-electron chi connectivity index (χ0n) is 25.2. The monoisotopic (exact) mass is 738 g/mol. The molecule has 18 nitrogen and oxygen atoms in total. The maximum Gasteiger partial charge on any atom is 0.315 e. The molecule has 22 heteroatoms. The highest BCUT2D eigenvalue weighted by molar-refractivity contribution is 7.94. The van der Waals surface area contributed by atoms with Crippen molar-refractivity contribution in [1.29, 1.82) is 0 Å². The molecule has 1 aromatic heterocycles. The topological polar surface area (TPSA) is 269 Å². The first-order chi connectivity index (χ1) is 22.9. The van der Waals surface area contributed by atoms with Gasteiger partial charge in [0.1, 0.15) is 15.5 Å². The number of carbonyl (C=O) groups excluding carboxylic acids is 1. The lowest BCUT2D eigenvalue weighted by Gasteiger charge is -2.11. The van der Waals surface area contributed by atoms with Crippen molar-refractivity contribution in [3.05, 3.63) is 66.6 Å². The Balaban J connectivity index is 1.58. The molecule has 0 radical (unpaired) electrons. The van der Waals surface area contributed by atoms with Crippen LogP contribution in [0.5, 0.6) is 0 Å². The zero-order valence-corrected chi connectivity index (χ0v) is 27.7. The first kappa shape index (κ1) is 36.8. The zero-order chi connectivity index (χ0) is 36.0. The van der Waals surface area contributed by atoms with Crippen molar-refractivity contribution in [1.82, 2.24) is 15.0 Å². The lowest BCUT2D eigenvalue weighted by atomic mass is 10.1. The molecular weight excluding hydrogens is 712 g/mol. The SMILES string of the molecule is C=CS(=O)(=O)CCOCCNc1nc(F)nc(Nc2ccc(N=Nc3cc(S(=O)(=O)O)c4cccc(S(=O)(=O)O)c4c3)c(NC(C)=O)c2)n1. The minimum absolute atomic E-state index is 0.0300. The highest BCUT2D eigenvalue weighted by Crippen LogP contribution is 2.35. The van der Waals surface area contributed by atoms with Crippen molar-refractivity contribution in [2.45, 2.75) is 16.7 Å². The summed E-state index contributed by atoms with van der Waals surface area (Å²) in [5.41, 5.74) is 0.102. The Kier molecular flexibility index (Phi) is 11.3. The fraction of sp³-hybridized carbons (Fsp3) is 0.185. The Morgan fingerprint density at radius 2 is 1.63 bits per heavy atom. The molecule has 1 amide bonds. The average Bonchev–Trinajstić information content (AvgIpc) is 3.00. The summed E-state index contributed by atoms with van der Waals surface area (Å²) in [7, 11) is -13.1. The molecule has 4 aromatic rings. The van der Waals surface area contributed by atoms with Gasteiger partial charge in [0.05, 0.1) is 30.3 Å². The van der Waals surface area contributed by atoms with Crippen molar-refractivity contribution < 1.29 is 48.3 Å². The first-order valence-corrected chi connectivity index (χ1v) is 18.3. The van der Waals surface area contributed by atoms with Crippen LogP contribution in [0.3, 0.4) is 0 Å². The lowest BCUT2D eigenvalue weighted by molar-refractivity contribution is -0.114. The fourth-order valence-corrected chi connectivity index (χ4v) is 6.06. The van der Waals surface area contributed by atoms with E-state index in [-0.39, 0.29) is 70.9 Å². The predicted octanol–water partition coefficient (Wildman–Crippen LogP) is 3.76. The third kappa shape index (κ3) is 10.2. The highest BCUT2D eigenvalue weighted by Gasteiger charge is 2.21. The number of hydrogen-bond donors (Lipinski definition) is 5. The number of amides is 1. The molecule has 0 atom stereocenters. The van der Waals surface area contributed by atoms with E-state index in [9.17, 15) is 43.5 Å². The summed E-state index contributed by atoms with van der Waals surface area (Å²) in [6.07, 6.45) is -1.14. The van der Waals surface area contributed by atoms with E-state index in [0.29, 0.717) is 0 Å². The van der Waals surface area contributed by atoms with Crippen LogP contribution in [0.4, 0.5) is 39.0 Å². The second-order valence-electron chi connectivity index (χ2n) is 9.81. The summed E-state index contributed by atoms with van der Waals surface area (Å²) in [5, 5.41) is 16.4. The number of azo groups is 1. The van der Waals surface area contributed by atoms with Crippen molar-refractivity contribution in [2.75, 3.05) is 41.5 Å². The number of anilines is 4. The second kappa shape index (κ2) is 15.0. The number of nitrogens with one attached hydrogen (secondary N) is 3. The molecule has 0 aliphatic heterocycles. The van der Waals surface area contributed by atoms with Crippen molar-refractivity contribution >= 4 is 81.4 Å². The van der Waals surface area contributed by atoms with Crippen LogP contribution in [-0.4, -0.2) is 80.7 Å². The molecule has 0 saturated carbocycles. The van der Waals surface area contributed by atoms with Gasteiger partial charge in [-0.2, -0.15) is 41.3 Å². The molecular formula is C27H27FN8O10S3. The quantitative estimate of drug-likeness (QED) is 0.0660. The number of nitrogens with zero attached hydrogens (tertiary/aromatic N) is 5. The maximum atomic E-state index is 14.2. The van der Waals surface area contributed by atoms with Gasteiger partial charge >= 0.3 is 6.08 Å². The predicted molar refractivity (Wildman–Crippen MR) is 175 cm³/mol. The van der Waals surface area contributed by atoms with E-state index in [2.05, 4.69) is 47.7 Å².